The predicted molar refractivity (Wildman–Crippen MR) is 76.2 cm³/mol. The zero-order valence-corrected chi connectivity index (χ0v) is 11.5. The molecule has 1 heterocycles. The Labute approximate surface area is 107 Å². The van der Waals surface area contributed by atoms with E-state index in [-0.39, 0.29) is 0 Å². The van der Waals surface area contributed by atoms with E-state index in [9.17, 15) is 0 Å². The Morgan fingerprint density at radius 3 is 2.53 bits per heavy atom. The van der Waals surface area contributed by atoms with E-state index in [1.54, 1.807) is 0 Å². The second-order valence-corrected chi connectivity index (χ2v) is 5.18. The van der Waals surface area contributed by atoms with Crippen LogP contribution in [0.15, 0.2) is 12.2 Å². The Kier molecular flexibility index (Phi) is 8.37. The highest BCUT2D eigenvalue weighted by Gasteiger charge is 2.15. The van der Waals surface area contributed by atoms with Gasteiger partial charge >= 0.3 is 0 Å². The Hall–Kier alpha value is -0.340. The second-order valence-electron chi connectivity index (χ2n) is 5.18. The Bertz CT molecular complexity index is 201. The lowest BCUT2D eigenvalue weighted by molar-refractivity contribution is 0.222. The van der Waals surface area contributed by atoms with Gasteiger partial charge in [0, 0.05) is 19.1 Å². The summed E-state index contributed by atoms with van der Waals surface area (Å²) in [4.78, 5) is 2.55. The van der Waals surface area contributed by atoms with Crippen molar-refractivity contribution < 1.29 is 0 Å². The number of unbranched alkanes of at least 4 members (excludes halogenated alkanes) is 6. The first kappa shape index (κ1) is 14.7. The summed E-state index contributed by atoms with van der Waals surface area (Å²) in [6.45, 7) is 5.48. The highest BCUT2D eigenvalue weighted by molar-refractivity contribution is 4.99. The monoisotopic (exact) mass is 238 g/mol. The maximum absolute atomic E-state index is 5.79. The number of hydrogen-bond donors (Lipinski definition) is 1. The molecule has 0 fully saturated rings. The van der Waals surface area contributed by atoms with E-state index < -0.39 is 0 Å². The Morgan fingerprint density at radius 2 is 1.82 bits per heavy atom. The predicted octanol–water partition coefficient (Wildman–Crippen LogP) is 3.33. The molecule has 1 aliphatic rings. The third-order valence-corrected chi connectivity index (χ3v) is 3.70. The molecule has 2 heteroatoms. The van der Waals surface area contributed by atoms with Crippen molar-refractivity contribution in [1.29, 1.82) is 0 Å². The van der Waals surface area contributed by atoms with Crippen LogP contribution in [-0.4, -0.2) is 30.6 Å². The van der Waals surface area contributed by atoms with Gasteiger partial charge in [-0.05, 0) is 19.4 Å². The number of nitrogens with two attached hydrogens (primary N) is 1. The average molecular weight is 238 g/mol. The molecule has 0 radical (unpaired) electrons. The fraction of sp³-hybridized carbons (Fsp3) is 0.867. The minimum atomic E-state index is 0.504. The molecule has 17 heavy (non-hydrogen) atoms. The van der Waals surface area contributed by atoms with Crippen LogP contribution in [0.4, 0.5) is 0 Å². The van der Waals surface area contributed by atoms with Crippen LogP contribution in [0.3, 0.4) is 0 Å². The van der Waals surface area contributed by atoms with E-state index in [1.807, 2.05) is 0 Å². The molecular weight excluding hydrogens is 208 g/mol. The van der Waals surface area contributed by atoms with Gasteiger partial charge in [-0.25, -0.2) is 0 Å². The van der Waals surface area contributed by atoms with Crippen LogP contribution in [0.1, 0.15) is 58.3 Å². The summed E-state index contributed by atoms with van der Waals surface area (Å²) in [6, 6.07) is 0.504. The highest BCUT2D eigenvalue weighted by atomic mass is 15.2. The van der Waals surface area contributed by atoms with Crippen LogP contribution >= 0.6 is 0 Å². The summed E-state index contributed by atoms with van der Waals surface area (Å²) in [7, 11) is 0. The van der Waals surface area contributed by atoms with Gasteiger partial charge in [0.05, 0.1) is 0 Å². The van der Waals surface area contributed by atoms with Crippen molar-refractivity contribution in [3.8, 4) is 0 Å². The lowest BCUT2D eigenvalue weighted by Crippen LogP contribution is -2.42. The molecule has 0 aromatic carbocycles. The van der Waals surface area contributed by atoms with Crippen molar-refractivity contribution in [2.45, 2.75) is 64.3 Å². The van der Waals surface area contributed by atoms with Gasteiger partial charge in [-0.2, -0.15) is 0 Å². The normalized spacial score (nSPS) is 20.9. The minimum absolute atomic E-state index is 0.504. The zero-order valence-electron chi connectivity index (χ0n) is 11.5. The Morgan fingerprint density at radius 1 is 1.12 bits per heavy atom. The van der Waals surface area contributed by atoms with Crippen LogP contribution in [0.2, 0.25) is 0 Å². The molecule has 0 aliphatic carbocycles. The van der Waals surface area contributed by atoms with Gasteiger partial charge in [0.25, 0.3) is 0 Å². The first-order chi connectivity index (χ1) is 8.38. The molecule has 1 atom stereocenters. The minimum Gasteiger partial charge on any atom is -0.329 e. The standard InChI is InChI=1S/C15H30N2/c1-2-3-4-5-6-7-9-12-17-13-10-8-11-15(17)14-16/h8,11,15H,2-7,9-10,12-14,16H2,1H3. The lowest BCUT2D eigenvalue weighted by atomic mass is 10.1. The molecular formula is C15H30N2. The van der Waals surface area contributed by atoms with Gasteiger partial charge in [-0.15, -0.1) is 0 Å². The fourth-order valence-electron chi connectivity index (χ4n) is 2.56. The van der Waals surface area contributed by atoms with Crippen molar-refractivity contribution in [3.63, 3.8) is 0 Å². The average Bonchev–Trinajstić information content (AvgIpc) is 2.38. The molecule has 0 spiro atoms. The van der Waals surface area contributed by atoms with Crippen LogP contribution in [-0.2, 0) is 0 Å². The zero-order chi connectivity index (χ0) is 12.3. The van der Waals surface area contributed by atoms with Crippen molar-refractivity contribution in [2.24, 2.45) is 5.73 Å². The molecule has 0 aromatic rings. The third-order valence-electron chi connectivity index (χ3n) is 3.70. The quantitative estimate of drug-likeness (QED) is 0.493. The van der Waals surface area contributed by atoms with E-state index in [0.717, 1.165) is 6.54 Å². The van der Waals surface area contributed by atoms with Crippen LogP contribution in [0.5, 0.6) is 0 Å². The molecule has 0 saturated heterocycles. The fourth-order valence-corrected chi connectivity index (χ4v) is 2.56. The van der Waals surface area contributed by atoms with Gasteiger partial charge in [0.2, 0.25) is 0 Å². The molecule has 0 aromatic heterocycles. The molecule has 100 valence electrons. The van der Waals surface area contributed by atoms with Gasteiger partial charge < -0.3 is 5.73 Å². The van der Waals surface area contributed by atoms with Crippen molar-refractivity contribution >= 4 is 0 Å². The molecule has 1 rings (SSSR count). The van der Waals surface area contributed by atoms with Crippen molar-refractivity contribution in [1.82, 2.24) is 4.90 Å². The van der Waals surface area contributed by atoms with Gasteiger partial charge in [0.15, 0.2) is 0 Å². The van der Waals surface area contributed by atoms with Crippen LogP contribution < -0.4 is 5.73 Å². The first-order valence-electron chi connectivity index (χ1n) is 7.49. The second kappa shape index (κ2) is 9.67. The number of nitrogens with zero attached hydrogens (tertiary/aromatic N) is 1. The topological polar surface area (TPSA) is 29.3 Å². The van der Waals surface area contributed by atoms with Crippen LogP contribution in [0, 0.1) is 0 Å². The van der Waals surface area contributed by atoms with Crippen LogP contribution in [0.25, 0.3) is 0 Å². The van der Waals surface area contributed by atoms with Gasteiger partial charge in [-0.1, -0.05) is 57.6 Å². The largest absolute Gasteiger partial charge is 0.329 e. The number of rotatable bonds is 9. The molecule has 1 aliphatic heterocycles. The lowest BCUT2D eigenvalue weighted by Gasteiger charge is -2.31. The molecule has 0 saturated carbocycles. The summed E-state index contributed by atoms with van der Waals surface area (Å²) >= 11 is 0. The highest BCUT2D eigenvalue weighted by Crippen LogP contribution is 2.12. The summed E-state index contributed by atoms with van der Waals surface area (Å²) in [6.07, 6.45) is 15.5. The summed E-state index contributed by atoms with van der Waals surface area (Å²) in [5.41, 5.74) is 5.79. The van der Waals surface area contributed by atoms with Gasteiger partial charge in [0.1, 0.15) is 0 Å². The van der Waals surface area contributed by atoms with E-state index >= 15 is 0 Å². The molecule has 1 unspecified atom stereocenters. The maximum Gasteiger partial charge on any atom is 0.0401 e. The van der Waals surface area contributed by atoms with E-state index in [0.29, 0.717) is 6.04 Å². The summed E-state index contributed by atoms with van der Waals surface area (Å²) < 4.78 is 0. The summed E-state index contributed by atoms with van der Waals surface area (Å²) in [5, 5.41) is 0. The first-order valence-corrected chi connectivity index (χ1v) is 7.49. The molecule has 2 nitrogen and oxygen atoms in total. The Balaban J connectivity index is 2.00. The van der Waals surface area contributed by atoms with Crippen molar-refractivity contribution in [3.05, 3.63) is 12.2 Å². The third kappa shape index (κ3) is 6.23. The molecule has 0 amide bonds. The van der Waals surface area contributed by atoms with E-state index in [4.69, 9.17) is 5.73 Å². The van der Waals surface area contributed by atoms with Gasteiger partial charge in [-0.3, -0.25) is 4.90 Å². The van der Waals surface area contributed by atoms with Crippen molar-refractivity contribution in [2.75, 3.05) is 19.6 Å². The SMILES string of the molecule is CCCCCCCCCN1CCC=CC1CN. The van der Waals surface area contributed by atoms with E-state index in [1.165, 1.54) is 64.5 Å². The molecule has 2 N–H and O–H groups in total. The molecule has 0 bridgehead atoms. The van der Waals surface area contributed by atoms with E-state index in [2.05, 4.69) is 24.0 Å². The maximum atomic E-state index is 5.79. The summed E-state index contributed by atoms with van der Waals surface area (Å²) in [5.74, 6) is 0. The number of hydrogen-bond acceptors (Lipinski definition) is 2. The smallest absolute Gasteiger partial charge is 0.0401 e.